The second-order valence-electron chi connectivity index (χ2n) is 6.69. The van der Waals surface area contributed by atoms with Crippen molar-refractivity contribution in [2.75, 3.05) is 44.6 Å². The lowest BCUT2D eigenvalue weighted by Gasteiger charge is -2.33. The summed E-state index contributed by atoms with van der Waals surface area (Å²) in [5.74, 6) is -0.391. The van der Waals surface area contributed by atoms with E-state index < -0.39 is 5.91 Å². The summed E-state index contributed by atoms with van der Waals surface area (Å²) < 4.78 is 0. The van der Waals surface area contributed by atoms with Gasteiger partial charge in [0.1, 0.15) is 11.6 Å². The average Bonchev–Trinajstić information content (AvgIpc) is 2.75. The highest BCUT2D eigenvalue weighted by Gasteiger charge is 2.17. The van der Waals surface area contributed by atoms with Crippen LogP contribution in [0.2, 0.25) is 0 Å². The maximum atomic E-state index is 12.7. The number of benzene rings is 2. The Morgan fingerprint density at radius 1 is 1.10 bits per heavy atom. The fourth-order valence-corrected chi connectivity index (χ4v) is 4.01. The number of para-hydroxylation sites is 1. The summed E-state index contributed by atoms with van der Waals surface area (Å²) in [6, 6.07) is 19.6. The van der Waals surface area contributed by atoms with E-state index in [9.17, 15) is 10.1 Å². The molecule has 0 unspecified atom stereocenters. The van der Waals surface area contributed by atoms with E-state index in [1.54, 1.807) is 18.0 Å². The molecule has 1 aliphatic heterocycles. The number of nitrogens with one attached hydrogen (secondary N) is 1. The molecular formula is C22H25N5OS. The molecule has 0 bridgehead atoms. The van der Waals surface area contributed by atoms with E-state index in [0.717, 1.165) is 42.5 Å². The zero-order valence-electron chi connectivity index (χ0n) is 16.3. The molecule has 1 fully saturated rings. The molecule has 29 heavy (non-hydrogen) atoms. The van der Waals surface area contributed by atoms with Crippen LogP contribution in [0.25, 0.3) is 0 Å². The van der Waals surface area contributed by atoms with Crippen LogP contribution in [0, 0.1) is 11.3 Å². The molecule has 2 aromatic carbocycles. The molecule has 1 heterocycles. The third-order valence-corrected chi connectivity index (χ3v) is 5.72. The Morgan fingerprint density at radius 2 is 1.79 bits per heavy atom. The fourth-order valence-electron chi connectivity index (χ4n) is 3.08. The van der Waals surface area contributed by atoms with Crippen LogP contribution in [-0.4, -0.2) is 55.0 Å². The number of hydrogen-bond acceptors (Lipinski definition) is 6. The van der Waals surface area contributed by atoms with Gasteiger partial charge in [0.15, 0.2) is 0 Å². The van der Waals surface area contributed by atoms with E-state index in [0.29, 0.717) is 12.2 Å². The Kier molecular flexibility index (Phi) is 7.70. The van der Waals surface area contributed by atoms with Gasteiger partial charge in [-0.1, -0.05) is 42.1 Å². The molecule has 6 nitrogen and oxygen atoms in total. The molecule has 3 N–H and O–H groups in total. The number of nitriles is 1. The van der Waals surface area contributed by atoms with Gasteiger partial charge in [0.25, 0.3) is 5.91 Å². The quantitative estimate of drug-likeness (QED) is 0.542. The van der Waals surface area contributed by atoms with Gasteiger partial charge in [0.05, 0.1) is 5.69 Å². The zero-order valence-corrected chi connectivity index (χ0v) is 17.1. The number of piperazine rings is 1. The topological polar surface area (TPSA) is 85.4 Å². The average molecular weight is 408 g/mol. The highest BCUT2D eigenvalue weighted by Crippen LogP contribution is 2.33. The van der Waals surface area contributed by atoms with Crippen LogP contribution in [0.3, 0.4) is 0 Å². The fraction of sp³-hybridized carbons (Fsp3) is 0.273. The van der Waals surface area contributed by atoms with E-state index >= 15 is 0 Å². The van der Waals surface area contributed by atoms with Crippen molar-refractivity contribution < 1.29 is 4.79 Å². The Hall–Kier alpha value is -2.79. The van der Waals surface area contributed by atoms with Crippen LogP contribution < -0.4 is 11.1 Å². The molecule has 1 amide bonds. The summed E-state index contributed by atoms with van der Waals surface area (Å²) in [6.45, 7) is 4.83. The number of hydrogen-bond donors (Lipinski definition) is 2. The first-order chi connectivity index (χ1) is 14.2. The van der Waals surface area contributed by atoms with E-state index in [-0.39, 0.29) is 5.57 Å². The van der Waals surface area contributed by atoms with Gasteiger partial charge in [-0.3, -0.25) is 9.69 Å². The van der Waals surface area contributed by atoms with Crippen molar-refractivity contribution in [1.82, 2.24) is 9.80 Å². The smallest absolute Gasteiger partial charge is 0.267 e. The molecule has 0 spiro atoms. The monoisotopic (exact) mass is 407 g/mol. The van der Waals surface area contributed by atoms with Crippen molar-refractivity contribution >= 4 is 23.4 Å². The standard InChI is InChI=1S/C22H25N5OS/c23-10-11-26-12-14-27(15-13-26)17-18(16-24)22(28)25-20-8-4-5-9-21(20)29-19-6-2-1-3-7-19/h1-9,17H,10-15,23H2,(H,25,28)/b18-17-. The number of nitrogens with zero attached hydrogens (tertiary/aromatic N) is 3. The van der Waals surface area contributed by atoms with Crippen LogP contribution in [0.15, 0.2) is 76.2 Å². The summed E-state index contributed by atoms with van der Waals surface area (Å²) in [7, 11) is 0. The molecular weight excluding hydrogens is 382 g/mol. The lowest BCUT2D eigenvalue weighted by Crippen LogP contribution is -2.45. The summed E-state index contributed by atoms with van der Waals surface area (Å²) in [6.07, 6.45) is 1.67. The van der Waals surface area contributed by atoms with Gasteiger partial charge in [0.2, 0.25) is 0 Å². The minimum Gasteiger partial charge on any atom is -0.374 e. The summed E-state index contributed by atoms with van der Waals surface area (Å²) in [4.78, 5) is 19.0. The summed E-state index contributed by atoms with van der Waals surface area (Å²) >= 11 is 1.57. The Balaban J connectivity index is 1.67. The van der Waals surface area contributed by atoms with Gasteiger partial charge in [-0.25, -0.2) is 0 Å². The van der Waals surface area contributed by atoms with Crippen LogP contribution in [-0.2, 0) is 4.79 Å². The van der Waals surface area contributed by atoms with Crippen molar-refractivity contribution in [3.63, 3.8) is 0 Å². The van der Waals surface area contributed by atoms with Gasteiger partial charge in [-0.05, 0) is 24.3 Å². The predicted octanol–water partition coefficient (Wildman–Crippen LogP) is 2.76. The molecule has 0 aliphatic carbocycles. The molecule has 0 atom stereocenters. The van der Waals surface area contributed by atoms with Crippen LogP contribution >= 0.6 is 11.8 Å². The number of rotatable bonds is 7. The Morgan fingerprint density at radius 3 is 2.48 bits per heavy atom. The lowest BCUT2D eigenvalue weighted by atomic mass is 10.2. The Bertz CT molecular complexity index is 886. The molecule has 1 saturated heterocycles. The minimum atomic E-state index is -0.391. The number of anilines is 1. The SMILES string of the molecule is N#C/C(=C/N1CCN(CCN)CC1)C(=O)Nc1ccccc1Sc1ccccc1. The van der Waals surface area contributed by atoms with Gasteiger partial charge in [-0.15, -0.1) is 0 Å². The second kappa shape index (κ2) is 10.7. The van der Waals surface area contributed by atoms with Gasteiger partial charge in [-0.2, -0.15) is 5.26 Å². The van der Waals surface area contributed by atoms with Crippen LogP contribution in [0.1, 0.15) is 0 Å². The van der Waals surface area contributed by atoms with Crippen LogP contribution in [0.5, 0.6) is 0 Å². The lowest BCUT2D eigenvalue weighted by molar-refractivity contribution is -0.112. The molecule has 1 aliphatic rings. The first kappa shape index (κ1) is 20.9. The minimum absolute atomic E-state index is 0.108. The van der Waals surface area contributed by atoms with E-state index in [1.165, 1.54) is 0 Å². The number of carbonyl (C=O) groups is 1. The van der Waals surface area contributed by atoms with Gasteiger partial charge in [0, 0.05) is 55.3 Å². The molecule has 0 radical (unpaired) electrons. The molecule has 0 saturated carbocycles. The summed E-state index contributed by atoms with van der Waals surface area (Å²) in [5, 5.41) is 12.4. The summed E-state index contributed by atoms with van der Waals surface area (Å²) in [5.41, 5.74) is 6.41. The maximum absolute atomic E-state index is 12.7. The van der Waals surface area contributed by atoms with Crippen molar-refractivity contribution in [3.05, 3.63) is 66.4 Å². The highest BCUT2D eigenvalue weighted by atomic mass is 32.2. The first-order valence-corrected chi connectivity index (χ1v) is 10.4. The highest BCUT2D eigenvalue weighted by molar-refractivity contribution is 7.99. The third kappa shape index (κ3) is 6.09. The first-order valence-electron chi connectivity index (χ1n) is 9.61. The van der Waals surface area contributed by atoms with E-state index in [2.05, 4.69) is 10.2 Å². The Labute approximate surface area is 176 Å². The third-order valence-electron chi connectivity index (χ3n) is 4.64. The van der Waals surface area contributed by atoms with Crippen LogP contribution in [0.4, 0.5) is 5.69 Å². The second-order valence-corrected chi connectivity index (χ2v) is 7.80. The van der Waals surface area contributed by atoms with Crippen molar-refractivity contribution in [2.45, 2.75) is 9.79 Å². The molecule has 2 aromatic rings. The number of amides is 1. The maximum Gasteiger partial charge on any atom is 0.267 e. The normalized spacial score (nSPS) is 15.0. The van der Waals surface area contributed by atoms with E-state index in [4.69, 9.17) is 5.73 Å². The zero-order chi connectivity index (χ0) is 20.5. The van der Waals surface area contributed by atoms with E-state index in [1.807, 2.05) is 65.6 Å². The molecule has 7 heteroatoms. The number of nitrogens with two attached hydrogens (primary N) is 1. The van der Waals surface area contributed by atoms with Gasteiger partial charge >= 0.3 is 0 Å². The predicted molar refractivity (Wildman–Crippen MR) is 116 cm³/mol. The largest absolute Gasteiger partial charge is 0.374 e. The van der Waals surface area contributed by atoms with Crippen molar-refractivity contribution in [2.24, 2.45) is 5.73 Å². The molecule has 3 rings (SSSR count). The molecule has 0 aromatic heterocycles. The van der Waals surface area contributed by atoms with Gasteiger partial charge < -0.3 is 16.0 Å². The van der Waals surface area contributed by atoms with Crippen molar-refractivity contribution in [3.8, 4) is 6.07 Å². The van der Waals surface area contributed by atoms with Crippen molar-refractivity contribution in [1.29, 1.82) is 5.26 Å². The molecule has 150 valence electrons. The number of carbonyl (C=O) groups excluding carboxylic acids is 1.